The van der Waals surface area contributed by atoms with Crippen LogP contribution in [0.1, 0.15) is 11.5 Å². The second-order valence-corrected chi connectivity index (χ2v) is 4.08. The zero-order valence-electron chi connectivity index (χ0n) is 8.64. The molecule has 0 aromatic carbocycles. The zero-order chi connectivity index (χ0) is 11.4. The molecule has 0 atom stereocenters. The average Bonchev–Trinajstić information content (AvgIpc) is 2.87. The molecule has 0 aliphatic heterocycles. The summed E-state index contributed by atoms with van der Waals surface area (Å²) in [6.07, 6.45) is 1.59. The minimum atomic E-state index is 0.414. The minimum Gasteiger partial charge on any atom is -0.461 e. The molecule has 6 heteroatoms. The molecule has 5 nitrogen and oxygen atoms in total. The van der Waals surface area contributed by atoms with Crippen molar-refractivity contribution in [1.29, 1.82) is 5.26 Å². The van der Waals surface area contributed by atoms with Crippen LogP contribution in [0, 0.1) is 18.3 Å². The lowest BCUT2D eigenvalue weighted by Crippen LogP contribution is -1.83. The fraction of sp³-hybridized carbons (Fsp3) is 0.300. The van der Waals surface area contributed by atoms with E-state index in [4.69, 9.17) is 14.2 Å². The Kier molecular flexibility index (Phi) is 3.27. The molecule has 0 aliphatic rings. The van der Waals surface area contributed by atoms with Gasteiger partial charge in [0, 0.05) is 0 Å². The molecular formula is C10H9N3O2S. The van der Waals surface area contributed by atoms with Crippen molar-refractivity contribution < 1.29 is 8.94 Å². The molecule has 16 heavy (non-hydrogen) atoms. The molecule has 0 saturated heterocycles. The van der Waals surface area contributed by atoms with Crippen LogP contribution >= 0.6 is 11.8 Å². The van der Waals surface area contributed by atoms with E-state index in [9.17, 15) is 0 Å². The van der Waals surface area contributed by atoms with Gasteiger partial charge in [-0.05, 0) is 18.6 Å². The number of rotatable bonds is 4. The highest BCUT2D eigenvalue weighted by Crippen LogP contribution is 2.22. The third-order valence-electron chi connectivity index (χ3n) is 1.93. The summed E-state index contributed by atoms with van der Waals surface area (Å²) in [5, 5.41) is 12.2. The van der Waals surface area contributed by atoms with Crippen LogP contribution in [0.3, 0.4) is 0 Å². The molecule has 0 saturated carbocycles. The van der Waals surface area contributed by atoms with Gasteiger partial charge in [-0.15, -0.1) is 11.8 Å². The van der Waals surface area contributed by atoms with Crippen LogP contribution in [0.25, 0.3) is 11.6 Å². The number of hydrogen-bond donors (Lipinski definition) is 0. The van der Waals surface area contributed by atoms with Gasteiger partial charge in [0.2, 0.25) is 11.7 Å². The SMILES string of the molecule is Cc1ccoc1-c1noc(CSCC#N)n1. The van der Waals surface area contributed by atoms with Crippen molar-refractivity contribution in [2.24, 2.45) is 0 Å². The third kappa shape index (κ3) is 2.25. The van der Waals surface area contributed by atoms with E-state index in [1.165, 1.54) is 11.8 Å². The molecular weight excluding hydrogens is 226 g/mol. The van der Waals surface area contributed by atoms with E-state index in [0.717, 1.165) is 5.56 Å². The first-order valence-corrected chi connectivity index (χ1v) is 5.78. The van der Waals surface area contributed by atoms with Crippen molar-refractivity contribution in [3.05, 3.63) is 23.8 Å². The standard InChI is InChI=1S/C10H9N3O2S/c1-7-2-4-14-9(7)10-12-8(15-13-10)6-16-5-3-11/h2,4H,5-6H2,1H3. The molecule has 0 fully saturated rings. The van der Waals surface area contributed by atoms with E-state index in [0.29, 0.717) is 29.0 Å². The summed E-state index contributed by atoms with van der Waals surface area (Å²) in [6, 6.07) is 3.88. The van der Waals surface area contributed by atoms with Gasteiger partial charge in [-0.1, -0.05) is 5.16 Å². The van der Waals surface area contributed by atoms with Crippen molar-refractivity contribution in [2.75, 3.05) is 5.75 Å². The van der Waals surface area contributed by atoms with Crippen LogP contribution in [0.4, 0.5) is 0 Å². The Hall–Kier alpha value is -1.74. The maximum atomic E-state index is 8.38. The van der Waals surface area contributed by atoms with Gasteiger partial charge in [0.1, 0.15) is 0 Å². The molecule has 2 heterocycles. The maximum Gasteiger partial charge on any atom is 0.238 e. The number of aryl methyl sites for hydroxylation is 1. The van der Waals surface area contributed by atoms with E-state index in [2.05, 4.69) is 10.1 Å². The summed E-state index contributed by atoms with van der Waals surface area (Å²) in [5.74, 6) is 2.54. The highest BCUT2D eigenvalue weighted by atomic mass is 32.2. The summed E-state index contributed by atoms with van der Waals surface area (Å²) < 4.78 is 10.3. The summed E-state index contributed by atoms with van der Waals surface area (Å²) in [4.78, 5) is 4.18. The first-order valence-electron chi connectivity index (χ1n) is 4.63. The molecule has 0 spiro atoms. The predicted octanol–water partition coefficient (Wildman–Crippen LogP) is 2.39. The van der Waals surface area contributed by atoms with E-state index in [-0.39, 0.29) is 0 Å². The van der Waals surface area contributed by atoms with Crippen molar-refractivity contribution in [3.63, 3.8) is 0 Å². The number of furan rings is 1. The van der Waals surface area contributed by atoms with Crippen molar-refractivity contribution in [1.82, 2.24) is 10.1 Å². The lowest BCUT2D eigenvalue weighted by Gasteiger charge is -1.88. The maximum absolute atomic E-state index is 8.38. The molecule has 2 aromatic rings. The van der Waals surface area contributed by atoms with Crippen LogP contribution < -0.4 is 0 Å². The minimum absolute atomic E-state index is 0.414. The van der Waals surface area contributed by atoms with Crippen molar-refractivity contribution >= 4 is 11.8 Å². The van der Waals surface area contributed by atoms with Crippen LogP contribution in [-0.4, -0.2) is 15.9 Å². The number of thioether (sulfide) groups is 1. The van der Waals surface area contributed by atoms with E-state index in [1.54, 1.807) is 6.26 Å². The van der Waals surface area contributed by atoms with Gasteiger partial charge in [0.15, 0.2) is 5.76 Å². The van der Waals surface area contributed by atoms with Crippen molar-refractivity contribution in [2.45, 2.75) is 12.7 Å². The van der Waals surface area contributed by atoms with E-state index in [1.807, 2.05) is 19.1 Å². The predicted molar refractivity (Wildman–Crippen MR) is 58.5 cm³/mol. The quantitative estimate of drug-likeness (QED) is 0.757. The van der Waals surface area contributed by atoms with Gasteiger partial charge in [0.05, 0.1) is 23.8 Å². The van der Waals surface area contributed by atoms with Gasteiger partial charge in [-0.25, -0.2) is 0 Å². The van der Waals surface area contributed by atoms with Gasteiger partial charge < -0.3 is 8.94 Å². The number of nitrogens with zero attached hydrogens (tertiary/aromatic N) is 3. The third-order valence-corrected chi connectivity index (χ3v) is 2.71. The average molecular weight is 235 g/mol. The van der Waals surface area contributed by atoms with Gasteiger partial charge in [-0.2, -0.15) is 10.2 Å². The molecule has 2 aromatic heterocycles. The Morgan fingerprint density at radius 1 is 1.56 bits per heavy atom. The Balaban J connectivity index is 2.09. The lowest BCUT2D eigenvalue weighted by molar-refractivity contribution is 0.390. The molecule has 0 amide bonds. The second-order valence-electron chi connectivity index (χ2n) is 3.10. The molecule has 2 rings (SSSR count). The number of nitriles is 1. The van der Waals surface area contributed by atoms with Gasteiger partial charge in [0.25, 0.3) is 0 Å². The van der Waals surface area contributed by atoms with E-state index >= 15 is 0 Å². The normalized spacial score (nSPS) is 10.2. The highest BCUT2D eigenvalue weighted by Gasteiger charge is 2.13. The summed E-state index contributed by atoms with van der Waals surface area (Å²) in [7, 11) is 0. The largest absolute Gasteiger partial charge is 0.461 e. The molecule has 0 N–H and O–H groups in total. The monoisotopic (exact) mass is 235 g/mol. The van der Waals surface area contributed by atoms with Crippen LogP contribution in [0.2, 0.25) is 0 Å². The fourth-order valence-corrected chi connectivity index (χ4v) is 1.68. The summed E-state index contributed by atoms with van der Waals surface area (Å²) in [5.41, 5.74) is 0.969. The smallest absolute Gasteiger partial charge is 0.238 e. The Bertz CT molecular complexity index is 512. The summed E-state index contributed by atoms with van der Waals surface area (Å²) in [6.45, 7) is 1.92. The molecule has 0 bridgehead atoms. The molecule has 0 radical (unpaired) electrons. The van der Waals surface area contributed by atoms with Crippen LogP contribution in [0.15, 0.2) is 21.3 Å². The van der Waals surface area contributed by atoms with Crippen LogP contribution in [-0.2, 0) is 5.75 Å². The molecule has 0 unspecified atom stereocenters. The summed E-state index contributed by atoms with van der Waals surface area (Å²) >= 11 is 1.43. The first-order chi connectivity index (χ1) is 7.81. The number of hydrogen-bond acceptors (Lipinski definition) is 6. The molecule has 0 aliphatic carbocycles. The fourth-order valence-electron chi connectivity index (χ4n) is 1.19. The van der Waals surface area contributed by atoms with Gasteiger partial charge in [-0.3, -0.25) is 0 Å². The van der Waals surface area contributed by atoms with E-state index < -0.39 is 0 Å². The Morgan fingerprint density at radius 3 is 3.12 bits per heavy atom. The Labute approximate surface area is 96.4 Å². The second kappa shape index (κ2) is 4.86. The lowest BCUT2D eigenvalue weighted by atomic mass is 10.3. The number of aromatic nitrogens is 2. The zero-order valence-corrected chi connectivity index (χ0v) is 9.45. The Morgan fingerprint density at radius 2 is 2.44 bits per heavy atom. The molecule has 82 valence electrons. The van der Waals surface area contributed by atoms with Crippen molar-refractivity contribution in [3.8, 4) is 17.7 Å². The van der Waals surface area contributed by atoms with Gasteiger partial charge >= 0.3 is 0 Å². The first kappa shape index (κ1) is 10.8. The topological polar surface area (TPSA) is 75.8 Å². The highest BCUT2D eigenvalue weighted by molar-refractivity contribution is 7.98. The van der Waals surface area contributed by atoms with Crippen LogP contribution in [0.5, 0.6) is 0 Å².